The number of fused-ring (bicyclic) bond motifs is 1. The highest BCUT2D eigenvalue weighted by atomic mass is 19.3. The van der Waals surface area contributed by atoms with E-state index in [9.17, 15) is 23.2 Å². The summed E-state index contributed by atoms with van der Waals surface area (Å²) in [4.78, 5) is 43.7. The summed E-state index contributed by atoms with van der Waals surface area (Å²) >= 11 is 0. The number of hydrogen-bond donors (Lipinski definition) is 3. The van der Waals surface area contributed by atoms with Gasteiger partial charge in [0.25, 0.3) is 17.4 Å². The monoisotopic (exact) mass is 381 g/mol. The lowest BCUT2D eigenvalue weighted by molar-refractivity contribution is 0.0119. The van der Waals surface area contributed by atoms with E-state index in [2.05, 4.69) is 15.3 Å². The third-order valence-corrected chi connectivity index (χ3v) is 4.46. The van der Waals surface area contributed by atoms with Gasteiger partial charge in [-0.05, 0) is 25.3 Å². The van der Waals surface area contributed by atoms with E-state index in [0.717, 1.165) is 12.8 Å². The van der Waals surface area contributed by atoms with Crippen LogP contribution in [0.25, 0.3) is 11.0 Å². The number of nitrogens with one attached hydrogen (secondary N) is 2. The van der Waals surface area contributed by atoms with Crippen molar-refractivity contribution in [2.45, 2.75) is 44.6 Å². The fourth-order valence-corrected chi connectivity index (χ4v) is 2.87. The number of alkyl halides is 2. The zero-order chi connectivity index (χ0) is 19.8. The molecule has 10 heteroatoms. The molecule has 0 aromatic carbocycles. The van der Waals surface area contributed by atoms with Crippen LogP contribution in [-0.4, -0.2) is 39.5 Å². The Bertz CT molecular complexity index is 994. The van der Waals surface area contributed by atoms with E-state index in [1.54, 1.807) is 0 Å². The lowest BCUT2D eigenvalue weighted by atomic mass is 10.1. The van der Waals surface area contributed by atoms with Crippen LogP contribution in [0.2, 0.25) is 0 Å². The van der Waals surface area contributed by atoms with Crippen molar-refractivity contribution in [2.24, 2.45) is 5.73 Å². The van der Waals surface area contributed by atoms with Gasteiger partial charge < -0.3 is 11.1 Å². The zero-order valence-corrected chi connectivity index (χ0v) is 14.8. The average Bonchev–Trinajstić information content (AvgIpc) is 3.47. The van der Waals surface area contributed by atoms with Gasteiger partial charge >= 0.3 is 5.69 Å². The number of H-pyrrole nitrogens is 1. The van der Waals surface area contributed by atoms with Crippen molar-refractivity contribution in [1.82, 2.24) is 19.9 Å². The summed E-state index contributed by atoms with van der Waals surface area (Å²) in [6.07, 6.45) is 2.37. The molecule has 2 aromatic heterocycles. The molecule has 1 aliphatic carbocycles. The van der Waals surface area contributed by atoms with Crippen molar-refractivity contribution in [1.29, 1.82) is 0 Å². The molecule has 4 N–H and O–H groups in total. The van der Waals surface area contributed by atoms with Gasteiger partial charge in [0.1, 0.15) is 0 Å². The number of amides is 1. The Labute approximate surface area is 152 Å². The van der Waals surface area contributed by atoms with Gasteiger partial charge in [-0.15, -0.1) is 0 Å². The van der Waals surface area contributed by atoms with Gasteiger partial charge in [-0.3, -0.25) is 19.1 Å². The highest BCUT2D eigenvalue weighted by Gasteiger charge is 2.31. The largest absolute Gasteiger partial charge is 0.346 e. The molecule has 0 unspecified atom stereocenters. The molecule has 8 nitrogen and oxygen atoms in total. The smallest absolute Gasteiger partial charge is 0.329 e. The molecule has 1 saturated carbocycles. The van der Waals surface area contributed by atoms with Gasteiger partial charge in [0, 0.05) is 18.2 Å². The number of nitrogens with zero attached hydrogens (tertiary/aromatic N) is 2. The number of carbonyl (C=O) groups excluding carboxylic acids is 1. The second-order valence-corrected chi connectivity index (χ2v) is 6.72. The van der Waals surface area contributed by atoms with Crippen LogP contribution in [0.4, 0.5) is 8.78 Å². The molecule has 2 aromatic rings. The first kappa shape index (κ1) is 19.2. The molecule has 0 radical (unpaired) electrons. The Hall–Kier alpha value is -2.62. The van der Waals surface area contributed by atoms with E-state index in [1.807, 2.05) is 6.92 Å². The number of nitrogens with two attached hydrogens (primary N) is 1. The van der Waals surface area contributed by atoms with Crippen LogP contribution in [0, 0.1) is 0 Å². The molecule has 0 atom stereocenters. The summed E-state index contributed by atoms with van der Waals surface area (Å²) < 4.78 is 28.1. The third kappa shape index (κ3) is 3.90. The van der Waals surface area contributed by atoms with Gasteiger partial charge in [-0.1, -0.05) is 6.92 Å². The Morgan fingerprint density at radius 2 is 2.15 bits per heavy atom. The fraction of sp³-hybridized carbons (Fsp3) is 0.529. The van der Waals surface area contributed by atoms with Crippen LogP contribution < -0.4 is 22.3 Å². The molecule has 1 aliphatic rings. The third-order valence-electron chi connectivity index (χ3n) is 4.46. The lowest BCUT2D eigenvalue weighted by Crippen LogP contribution is -2.42. The van der Waals surface area contributed by atoms with Crippen molar-refractivity contribution in [3.05, 3.63) is 38.2 Å². The number of halogens is 2. The Kier molecular flexibility index (Phi) is 5.09. The molecule has 1 fully saturated rings. The molecule has 0 bridgehead atoms. The predicted octanol–water partition coefficient (Wildman–Crippen LogP) is 0.696. The summed E-state index contributed by atoms with van der Waals surface area (Å²) in [7, 11) is 0. The number of aryl methyl sites for hydroxylation is 1. The van der Waals surface area contributed by atoms with Crippen molar-refractivity contribution in [3.63, 3.8) is 0 Å². The minimum atomic E-state index is -3.26. The number of rotatable bonds is 7. The summed E-state index contributed by atoms with van der Waals surface area (Å²) in [6.45, 7) is 0.307. The first-order valence-electron chi connectivity index (χ1n) is 8.81. The minimum absolute atomic E-state index is 0.0687. The maximum Gasteiger partial charge on any atom is 0.329 e. The number of carbonyl (C=O) groups is 1. The SMILES string of the molecule is CCCn1c(=O)[nH]c(=O)c2c(C(=O)NCC(F)(F)CN)cc(C3CC3)nc21. The predicted molar refractivity (Wildman–Crippen MR) is 95.2 cm³/mol. The summed E-state index contributed by atoms with van der Waals surface area (Å²) in [6, 6.07) is 1.45. The van der Waals surface area contributed by atoms with Crippen molar-refractivity contribution in [2.75, 3.05) is 13.1 Å². The van der Waals surface area contributed by atoms with Crippen molar-refractivity contribution >= 4 is 16.9 Å². The van der Waals surface area contributed by atoms with Crippen LogP contribution in [-0.2, 0) is 6.54 Å². The second kappa shape index (κ2) is 7.18. The van der Waals surface area contributed by atoms with E-state index in [-0.39, 0.29) is 22.5 Å². The molecule has 2 heterocycles. The van der Waals surface area contributed by atoms with Gasteiger partial charge in [0.15, 0.2) is 5.65 Å². The van der Waals surface area contributed by atoms with E-state index in [0.29, 0.717) is 18.7 Å². The molecule has 0 spiro atoms. The van der Waals surface area contributed by atoms with Crippen LogP contribution in [0.1, 0.15) is 48.2 Å². The summed E-state index contributed by atoms with van der Waals surface area (Å²) in [5.41, 5.74) is 4.21. The Balaban J connectivity index is 2.16. The topological polar surface area (TPSA) is 123 Å². The molecular weight excluding hydrogens is 360 g/mol. The number of aromatic amines is 1. The normalized spacial score (nSPS) is 14.5. The highest BCUT2D eigenvalue weighted by molar-refractivity contribution is 6.05. The first-order valence-corrected chi connectivity index (χ1v) is 8.81. The molecule has 3 rings (SSSR count). The van der Waals surface area contributed by atoms with Crippen molar-refractivity contribution in [3.8, 4) is 0 Å². The van der Waals surface area contributed by atoms with E-state index in [1.165, 1.54) is 10.6 Å². The van der Waals surface area contributed by atoms with Gasteiger partial charge in [-0.2, -0.15) is 0 Å². The van der Waals surface area contributed by atoms with Gasteiger partial charge in [-0.25, -0.2) is 18.6 Å². The van der Waals surface area contributed by atoms with Crippen LogP contribution in [0.3, 0.4) is 0 Å². The summed E-state index contributed by atoms with van der Waals surface area (Å²) in [5.74, 6) is -3.95. The quantitative estimate of drug-likeness (QED) is 0.651. The zero-order valence-electron chi connectivity index (χ0n) is 14.8. The maximum absolute atomic E-state index is 13.4. The first-order chi connectivity index (χ1) is 12.8. The average molecular weight is 381 g/mol. The standard InChI is InChI=1S/C17H21F2N5O3/c1-2-5-24-13-12(15(26)23-16(24)27)10(6-11(22-13)9-3-4-9)14(25)21-8-17(18,19)7-20/h6,9H,2-5,7-8,20H2,1H3,(H,21,25)(H,23,26,27). The van der Waals surface area contributed by atoms with Crippen LogP contribution in [0.5, 0.6) is 0 Å². The second-order valence-electron chi connectivity index (χ2n) is 6.72. The maximum atomic E-state index is 13.4. The van der Waals surface area contributed by atoms with E-state index in [4.69, 9.17) is 5.73 Å². The molecule has 1 amide bonds. The van der Waals surface area contributed by atoms with Crippen LogP contribution >= 0.6 is 0 Å². The Morgan fingerprint density at radius 3 is 2.74 bits per heavy atom. The lowest BCUT2D eigenvalue weighted by Gasteiger charge is -2.16. The minimum Gasteiger partial charge on any atom is -0.346 e. The fourth-order valence-electron chi connectivity index (χ4n) is 2.87. The van der Waals surface area contributed by atoms with Crippen LogP contribution in [0.15, 0.2) is 15.7 Å². The number of pyridine rings is 1. The summed E-state index contributed by atoms with van der Waals surface area (Å²) in [5, 5.41) is 2.04. The van der Waals surface area contributed by atoms with E-state index < -0.39 is 36.2 Å². The molecular formula is C17H21F2N5O3. The Morgan fingerprint density at radius 1 is 1.44 bits per heavy atom. The number of hydrogen-bond acceptors (Lipinski definition) is 5. The van der Waals surface area contributed by atoms with Gasteiger partial charge in [0.05, 0.1) is 24.0 Å². The number of aromatic nitrogens is 3. The molecule has 0 saturated heterocycles. The highest BCUT2D eigenvalue weighted by Crippen LogP contribution is 2.39. The van der Waals surface area contributed by atoms with Gasteiger partial charge in [0.2, 0.25) is 0 Å². The molecule has 0 aliphatic heterocycles. The van der Waals surface area contributed by atoms with Crippen molar-refractivity contribution < 1.29 is 13.6 Å². The molecule has 146 valence electrons. The van der Waals surface area contributed by atoms with E-state index >= 15 is 0 Å². The molecule has 27 heavy (non-hydrogen) atoms.